The molecule has 3 aromatic rings. The number of aryl methyl sites for hydroxylation is 3. The van der Waals surface area contributed by atoms with E-state index < -0.39 is 41.6 Å². The molecule has 0 saturated heterocycles. The van der Waals surface area contributed by atoms with E-state index in [4.69, 9.17) is 4.74 Å². The van der Waals surface area contributed by atoms with Gasteiger partial charge >= 0.3 is 6.09 Å². The van der Waals surface area contributed by atoms with Crippen molar-refractivity contribution in [1.82, 2.24) is 10.2 Å². The standard InChI is InChI=1S/C38H51N3O6/c1-23(2)16-17-27(6)41(36(45)31(39-37(46)47-38(7,8)9)22-28-18-20-29(42)21-19-28)33(30-15-11-14-26(5)34(30)43)35(44)40-32-24(3)12-10-13-25(32)4/h10-15,18-21,23,27,31,33,42-43H,16-17,22H2,1-9H3,(H,39,46)(H,40,44). The average molecular weight is 646 g/mol. The van der Waals surface area contributed by atoms with Gasteiger partial charge in [-0.05, 0) is 102 Å². The number of hydrogen-bond donors (Lipinski definition) is 4. The Balaban J connectivity index is 2.21. The maximum Gasteiger partial charge on any atom is 0.408 e. The fourth-order valence-electron chi connectivity index (χ4n) is 5.53. The Labute approximate surface area is 279 Å². The Hall–Kier alpha value is -4.53. The molecule has 0 radical (unpaired) electrons. The summed E-state index contributed by atoms with van der Waals surface area (Å²) in [6.07, 6.45) is 0.635. The number of amides is 3. The van der Waals surface area contributed by atoms with Gasteiger partial charge in [-0.3, -0.25) is 9.59 Å². The maximum atomic E-state index is 14.9. The number of rotatable bonds is 12. The van der Waals surface area contributed by atoms with Gasteiger partial charge in [-0.1, -0.05) is 62.4 Å². The lowest BCUT2D eigenvalue weighted by atomic mass is 9.94. The number of para-hydroxylation sites is 2. The topological polar surface area (TPSA) is 128 Å². The lowest BCUT2D eigenvalue weighted by molar-refractivity contribution is -0.143. The van der Waals surface area contributed by atoms with Crippen LogP contribution in [0.15, 0.2) is 60.7 Å². The number of alkyl carbamates (subject to hydrolysis) is 1. The van der Waals surface area contributed by atoms with Crippen molar-refractivity contribution in [2.45, 2.75) is 105 Å². The van der Waals surface area contributed by atoms with Crippen LogP contribution in [0.4, 0.5) is 10.5 Å². The highest BCUT2D eigenvalue weighted by atomic mass is 16.6. The minimum absolute atomic E-state index is 0.0663. The predicted octanol–water partition coefficient (Wildman–Crippen LogP) is 7.49. The summed E-state index contributed by atoms with van der Waals surface area (Å²) < 4.78 is 5.55. The molecule has 0 saturated carbocycles. The zero-order valence-electron chi connectivity index (χ0n) is 29.2. The van der Waals surface area contributed by atoms with Crippen molar-refractivity contribution in [3.63, 3.8) is 0 Å². The van der Waals surface area contributed by atoms with E-state index in [1.165, 1.54) is 17.0 Å². The predicted molar refractivity (Wildman–Crippen MR) is 185 cm³/mol. The van der Waals surface area contributed by atoms with E-state index in [0.29, 0.717) is 29.2 Å². The number of hydrogen-bond acceptors (Lipinski definition) is 6. The van der Waals surface area contributed by atoms with Gasteiger partial charge in [0.2, 0.25) is 5.91 Å². The molecular weight excluding hydrogens is 594 g/mol. The van der Waals surface area contributed by atoms with Crippen LogP contribution in [0.5, 0.6) is 11.5 Å². The lowest BCUT2D eigenvalue weighted by Crippen LogP contribution is -2.55. The number of anilines is 1. The zero-order chi connectivity index (χ0) is 35.1. The van der Waals surface area contributed by atoms with Crippen LogP contribution in [0.2, 0.25) is 0 Å². The molecule has 3 amide bonds. The van der Waals surface area contributed by atoms with Crippen molar-refractivity contribution in [1.29, 1.82) is 0 Å². The fourth-order valence-corrected chi connectivity index (χ4v) is 5.53. The number of nitrogens with zero attached hydrogens (tertiary/aromatic N) is 1. The quantitative estimate of drug-likeness (QED) is 0.162. The molecule has 3 unspecified atom stereocenters. The first kappa shape index (κ1) is 36.9. The van der Waals surface area contributed by atoms with Crippen molar-refractivity contribution >= 4 is 23.6 Å². The summed E-state index contributed by atoms with van der Waals surface area (Å²) in [5.41, 5.74) is 3.04. The van der Waals surface area contributed by atoms with Gasteiger partial charge in [0, 0.05) is 23.7 Å². The number of phenolic OH excluding ortho intramolecular Hbond substituents is 2. The molecule has 0 spiro atoms. The molecule has 3 rings (SSSR count). The largest absolute Gasteiger partial charge is 0.508 e. The van der Waals surface area contributed by atoms with E-state index >= 15 is 0 Å². The van der Waals surface area contributed by atoms with E-state index in [9.17, 15) is 24.6 Å². The van der Waals surface area contributed by atoms with Gasteiger partial charge < -0.3 is 30.5 Å². The third-order valence-corrected chi connectivity index (χ3v) is 8.08. The Morgan fingerprint density at radius 2 is 1.40 bits per heavy atom. The second-order valence-electron chi connectivity index (χ2n) is 13.8. The van der Waals surface area contributed by atoms with Crippen molar-refractivity contribution in [2.75, 3.05) is 5.32 Å². The summed E-state index contributed by atoms with van der Waals surface area (Å²) in [4.78, 5) is 44.1. The normalized spacial score (nSPS) is 13.4. The number of benzene rings is 3. The number of nitrogens with one attached hydrogen (secondary N) is 2. The molecule has 0 aliphatic heterocycles. The van der Waals surface area contributed by atoms with Crippen LogP contribution in [0.1, 0.15) is 88.2 Å². The van der Waals surface area contributed by atoms with Gasteiger partial charge in [0.25, 0.3) is 5.91 Å². The maximum absolute atomic E-state index is 14.9. The van der Waals surface area contributed by atoms with E-state index in [1.807, 2.05) is 39.0 Å². The van der Waals surface area contributed by atoms with Gasteiger partial charge in [-0.25, -0.2) is 4.79 Å². The molecule has 9 nitrogen and oxygen atoms in total. The number of aromatic hydroxyl groups is 2. The third-order valence-electron chi connectivity index (χ3n) is 8.08. The molecule has 0 aromatic heterocycles. The third kappa shape index (κ3) is 10.2. The summed E-state index contributed by atoms with van der Waals surface area (Å²) in [5.74, 6) is -0.690. The molecule has 0 heterocycles. The van der Waals surface area contributed by atoms with Crippen LogP contribution >= 0.6 is 0 Å². The van der Waals surface area contributed by atoms with E-state index in [2.05, 4.69) is 24.5 Å². The lowest BCUT2D eigenvalue weighted by Gasteiger charge is -2.39. The van der Waals surface area contributed by atoms with Crippen molar-refractivity contribution < 1.29 is 29.3 Å². The van der Waals surface area contributed by atoms with Crippen LogP contribution < -0.4 is 10.6 Å². The number of carbonyl (C=O) groups is 3. The molecule has 9 heteroatoms. The van der Waals surface area contributed by atoms with Crippen LogP contribution in [-0.4, -0.2) is 50.7 Å². The van der Waals surface area contributed by atoms with Crippen LogP contribution in [0, 0.1) is 26.7 Å². The van der Waals surface area contributed by atoms with Gasteiger partial charge in [-0.2, -0.15) is 0 Å². The molecular formula is C38H51N3O6. The fraction of sp³-hybridized carbons (Fsp3) is 0.447. The van der Waals surface area contributed by atoms with Crippen LogP contribution in [0.3, 0.4) is 0 Å². The Kier molecular flexibility index (Phi) is 12.5. The van der Waals surface area contributed by atoms with Gasteiger partial charge in [0.05, 0.1) is 0 Å². The molecule has 47 heavy (non-hydrogen) atoms. The van der Waals surface area contributed by atoms with E-state index in [-0.39, 0.29) is 23.5 Å². The second kappa shape index (κ2) is 15.8. The van der Waals surface area contributed by atoms with Crippen LogP contribution in [0.25, 0.3) is 0 Å². The molecule has 3 atom stereocenters. The monoisotopic (exact) mass is 645 g/mol. The highest BCUT2D eigenvalue weighted by Crippen LogP contribution is 2.36. The van der Waals surface area contributed by atoms with E-state index in [1.54, 1.807) is 58.0 Å². The summed E-state index contributed by atoms with van der Waals surface area (Å²) >= 11 is 0. The SMILES string of the molecule is Cc1cccc(C(C(=O)Nc2c(C)cccc2C)N(C(=O)C(Cc2ccc(O)cc2)NC(=O)OC(C)(C)C)C(C)CCC(C)C)c1O. The highest BCUT2D eigenvalue weighted by Gasteiger charge is 2.40. The first-order valence-corrected chi connectivity index (χ1v) is 16.2. The molecule has 3 aromatic carbocycles. The second-order valence-corrected chi connectivity index (χ2v) is 13.8. The number of phenols is 2. The van der Waals surface area contributed by atoms with Gasteiger partial charge in [0.1, 0.15) is 29.2 Å². The number of carbonyl (C=O) groups excluding carboxylic acids is 3. The van der Waals surface area contributed by atoms with Gasteiger partial charge in [-0.15, -0.1) is 0 Å². The molecule has 0 fully saturated rings. The number of ether oxygens (including phenoxy) is 1. The first-order valence-electron chi connectivity index (χ1n) is 16.2. The van der Waals surface area contributed by atoms with Crippen molar-refractivity contribution in [2.24, 2.45) is 5.92 Å². The Morgan fingerprint density at radius 1 is 0.830 bits per heavy atom. The van der Waals surface area contributed by atoms with Gasteiger partial charge in [0.15, 0.2) is 0 Å². The molecule has 254 valence electrons. The molecule has 0 bridgehead atoms. The zero-order valence-corrected chi connectivity index (χ0v) is 29.2. The molecule has 4 N–H and O–H groups in total. The minimum atomic E-state index is -1.24. The highest BCUT2D eigenvalue weighted by molar-refractivity contribution is 6.00. The Morgan fingerprint density at radius 3 is 1.98 bits per heavy atom. The summed E-state index contributed by atoms with van der Waals surface area (Å²) in [6, 6.07) is 14.4. The van der Waals surface area contributed by atoms with E-state index in [0.717, 1.165) is 17.5 Å². The summed E-state index contributed by atoms with van der Waals surface area (Å²) in [6.45, 7) is 16.8. The molecule has 0 aliphatic rings. The summed E-state index contributed by atoms with van der Waals surface area (Å²) in [7, 11) is 0. The van der Waals surface area contributed by atoms with Crippen molar-refractivity contribution in [3.8, 4) is 11.5 Å². The average Bonchev–Trinajstić information content (AvgIpc) is 2.97. The molecule has 0 aliphatic carbocycles. The summed E-state index contributed by atoms with van der Waals surface area (Å²) in [5, 5.41) is 27.1. The van der Waals surface area contributed by atoms with Crippen LogP contribution in [-0.2, 0) is 20.7 Å². The smallest absolute Gasteiger partial charge is 0.408 e. The van der Waals surface area contributed by atoms with Crippen molar-refractivity contribution in [3.05, 3.63) is 88.5 Å². The first-order chi connectivity index (χ1) is 22.0. The Bertz CT molecular complexity index is 1520. The minimum Gasteiger partial charge on any atom is -0.508 e.